The molecular weight excluding hydrogens is 270 g/mol. The van der Waals surface area contributed by atoms with Crippen LogP contribution in [-0.4, -0.2) is 16.9 Å². The number of hydrogen-bond acceptors (Lipinski definition) is 4. The number of amides is 1. The number of nitrogens with one attached hydrogen (secondary N) is 1. The summed E-state index contributed by atoms with van der Waals surface area (Å²) in [6, 6.07) is 3.94. The molecule has 0 radical (unpaired) electrons. The van der Waals surface area contributed by atoms with Crippen LogP contribution in [0.25, 0.3) is 10.2 Å². The Morgan fingerprint density at radius 1 is 1.45 bits per heavy atom. The Hall–Kier alpha value is -1.62. The predicted octanol–water partition coefficient (Wildman–Crippen LogP) is 3.43. The zero-order valence-electron chi connectivity index (χ0n) is 12.1. The minimum absolute atomic E-state index is 0.0927. The molecule has 0 bridgehead atoms. The van der Waals surface area contributed by atoms with E-state index in [4.69, 9.17) is 5.73 Å². The maximum Gasteiger partial charge on any atom is 0.263 e. The van der Waals surface area contributed by atoms with E-state index in [0.717, 1.165) is 23.1 Å². The highest BCUT2D eigenvalue weighted by molar-refractivity contribution is 7.21. The molecule has 1 amide bonds. The van der Waals surface area contributed by atoms with E-state index < -0.39 is 0 Å². The Morgan fingerprint density at radius 2 is 2.15 bits per heavy atom. The number of carbonyl (C=O) groups is 1. The number of nitrogen functional groups attached to an aromatic ring is 1. The SMILES string of the molecule is CCC(CC)C(C)NC(=O)c1sc2cccnc2c1N. The number of nitrogens with two attached hydrogens (primary N) is 1. The first kappa shape index (κ1) is 14.8. The molecule has 0 spiro atoms. The lowest BCUT2D eigenvalue weighted by Crippen LogP contribution is -2.37. The lowest BCUT2D eigenvalue weighted by Gasteiger charge is -2.22. The van der Waals surface area contributed by atoms with E-state index in [1.807, 2.05) is 12.1 Å². The summed E-state index contributed by atoms with van der Waals surface area (Å²) in [5, 5.41) is 3.06. The molecule has 0 aliphatic carbocycles. The average molecular weight is 291 g/mol. The molecule has 20 heavy (non-hydrogen) atoms. The van der Waals surface area contributed by atoms with Crippen LogP contribution in [0.1, 0.15) is 43.3 Å². The maximum absolute atomic E-state index is 12.4. The van der Waals surface area contributed by atoms with Gasteiger partial charge >= 0.3 is 0 Å². The monoisotopic (exact) mass is 291 g/mol. The van der Waals surface area contributed by atoms with E-state index in [-0.39, 0.29) is 11.9 Å². The van der Waals surface area contributed by atoms with E-state index in [0.29, 0.717) is 16.5 Å². The van der Waals surface area contributed by atoms with Gasteiger partial charge in [-0.05, 0) is 25.0 Å². The highest BCUT2D eigenvalue weighted by atomic mass is 32.1. The van der Waals surface area contributed by atoms with Crippen LogP contribution < -0.4 is 11.1 Å². The Kier molecular flexibility index (Phi) is 4.60. The van der Waals surface area contributed by atoms with Gasteiger partial charge < -0.3 is 11.1 Å². The Morgan fingerprint density at radius 3 is 2.75 bits per heavy atom. The zero-order valence-corrected chi connectivity index (χ0v) is 13.0. The Balaban J connectivity index is 2.21. The third-order valence-electron chi connectivity index (χ3n) is 3.80. The van der Waals surface area contributed by atoms with Crippen molar-refractivity contribution >= 4 is 33.1 Å². The molecular formula is C15H21N3OS. The highest BCUT2D eigenvalue weighted by Gasteiger charge is 2.21. The van der Waals surface area contributed by atoms with Gasteiger partial charge in [0.25, 0.3) is 5.91 Å². The molecule has 0 aromatic carbocycles. The molecule has 0 saturated carbocycles. The van der Waals surface area contributed by atoms with Crippen LogP contribution in [-0.2, 0) is 0 Å². The van der Waals surface area contributed by atoms with Gasteiger partial charge in [-0.1, -0.05) is 26.7 Å². The van der Waals surface area contributed by atoms with Crippen molar-refractivity contribution in [3.63, 3.8) is 0 Å². The predicted molar refractivity (Wildman–Crippen MR) is 85.0 cm³/mol. The Bertz CT molecular complexity index is 604. The van der Waals surface area contributed by atoms with Crippen molar-refractivity contribution in [1.82, 2.24) is 10.3 Å². The molecule has 2 rings (SSSR count). The lowest BCUT2D eigenvalue weighted by molar-refractivity contribution is 0.0930. The third-order valence-corrected chi connectivity index (χ3v) is 4.96. The summed E-state index contributed by atoms with van der Waals surface area (Å²) < 4.78 is 0.949. The second-order valence-electron chi connectivity index (χ2n) is 5.03. The van der Waals surface area contributed by atoms with Crippen LogP contribution in [0.5, 0.6) is 0 Å². The summed E-state index contributed by atoms with van der Waals surface area (Å²) in [4.78, 5) is 17.2. The van der Waals surface area contributed by atoms with Crippen LogP contribution in [0, 0.1) is 5.92 Å². The summed E-state index contributed by atoms with van der Waals surface area (Å²) in [5.41, 5.74) is 7.25. The zero-order chi connectivity index (χ0) is 14.7. The first-order valence-electron chi connectivity index (χ1n) is 7.02. The van der Waals surface area contributed by atoms with E-state index >= 15 is 0 Å². The second kappa shape index (κ2) is 6.22. The van der Waals surface area contributed by atoms with Crippen LogP contribution in [0.2, 0.25) is 0 Å². The summed E-state index contributed by atoms with van der Waals surface area (Å²) in [5.74, 6) is 0.401. The normalized spacial score (nSPS) is 12.8. The largest absolute Gasteiger partial charge is 0.396 e. The van der Waals surface area contributed by atoms with E-state index in [1.165, 1.54) is 11.3 Å². The van der Waals surface area contributed by atoms with Crippen LogP contribution >= 0.6 is 11.3 Å². The summed E-state index contributed by atoms with van der Waals surface area (Å²) in [7, 11) is 0. The first-order valence-corrected chi connectivity index (χ1v) is 7.83. The topological polar surface area (TPSA) is 68.0 Å². The van der Waals surface area contributed by atoms with Crippen molar-refractivity contribution in [3.8, 4) is 0 Å². The number of nitrogens with zero attached hydrogens (tertiary/aromatic N) is 1. The van der Waals surface area contributed by atoms with Crippen molar-refractivity contribution in [3.05, 3.63) is 23.2 Å². The van der Waals surface area contributed by atoms with Gasteiger partial charge in [0.1, 0.15) is 10.4 Å². The fourth-order valence-corrected chi connectivity index (χ4v) is 3.49. The molecule has 2 aromatic heterocycles. The van der Waals surface area contributed by atoms with E-state index in [2.05, 4.69) is 31.1 Å². The molecule has 5 heteroatoms. The number of aromatic nitrogens is 1. The van der Waals surface area contributed by atoms with Crippen LogP contribution in [0.15, 0.2) is 18.3 Å². The molecule has 2 heterocycles. The summed E-state index contributed by atoms with van der Waals surface area (Å²) in [6.07, 6.45) is 3.81. The second-order valence-corrected chi connectivity index (χ2v) is 6.09. The Labute approximate surface area is 123 Å². The molecule has 4 nitrogen and oxygen atoms in total. The minimum atomic E-state index is -0.0927. The number of anilines is 1. The summed E-state index contributed by atoms with van der Waals surface area (Å²) >= 11 is 1.40. The number of carbonyl (C=O) groups excluding carboxylic acids is 1. The van der Waals surface area contributed by atoms with Gasteiger partial charge in [0.15, 0.2) is 0 Å². The molecule has 2 aromatic rings. The van der Waals surface area contributed by atoms with Crippen molar-refractivity contribution in [2.24, 2.45) is 5.92 Å². The van der Waals surface area contributed by atoms with Crippen molar-refractivity contribution in [2.45, 2.75) is 39.7 Å². The van der Waals surface area contributed by atoms with Crippen LogP contribution in [0.3, 0.4) is 0 Å². The standard InChI is InChI=1S/C15H21N3OS/c1-4-10(5-2)9(3)18-15(19)14-12(16)13-11(20-14)7-6-8-17-13/h6-10H,4-5,16H2,1-3H3,(H,18,19). The van der Waals surface area contributed by atoms with Gasteiger partial charge in [-0.15, -0.1) is 11.3 Å². The van der Waals surface area contributed by atoms with Gasteiger partial charge in [0, 0.05) is 12.2 Å². The van der Waals surface area contributed by atoms with Gasteiger partial charge in [0.05, 0.1) is 10.4 Å². The molecule has 108 valence electrons. The van der Waals surface area contributed by atoms with E-state index in [9.17, 15) is 4.79 Å². The highest BCUT2D eigenvalue weighted by Crippen LogP contribution is 2.31. The minimum Gasteiger partial charge on any atom is -0.396 e. The van der Waals surface area contributed by atoms with Crippen LogP contribution in [0.4, 0.5) is 5.69 Å². The third kappa shape index (κ3) is 2.77. The fraction of sp³-hybridized carbons (Fsp3) is 0.467. The number of rotatable bonds is 5. The molecule has 0 fully saturated rings. The molecule has 1 atom stereocenters. The number of fused-ring (bicyclic) bond motifs is 1. The quantitative estimate of drug-likeness (QED) is 0.886. The maximum atomic E-state index is 12.4. The fourth-order valence-electron chi connectivity index (χ4n) is 2.50. The van der Waals surface area contributed by atoms with Crippen molar-refractivity contribution < 1.29 is 4.79 Å². The molecule has 0 aliphatic rings. The summed E-state index contributed by atoms with van der Waals surface area (Å²) in [6.45, 7) is 6.35. The smallest absolute Gasteiger partial charge is 0.263 e. The van der Waals surface area contributed by atoms with E-state index in [1.54, 1.807) is 6.20 Å². The van der Waals surface area contributed by atoms with Gasteiger partial charge in [-0.3, -0.25) is 9.78 Å². The molecule has 0 saturated heterocycles. The molecule has 0 aliphatic heterocycles. The lowest BCUT2D eigenvalue weighted by atomic mass is 9.95. The van der Waals surface area contributed by atoms with Gasteiger partial charge in [-0.25, -0.2) is 0 Å². The molecule has 1 unspecified atom stereocenters. The number of hydrogen-bond donors (Lipinski definition) is 2. The number of thiophene rings is 1. The average Bonchev–Trinajstić information content (AvgIpc) is 2.78. The van der Waals surface area contributed by atoms with Gasteiger partial charge in [-0.2, -0.15) is 0 Å². The first-order chi connectivity index (χ1) is 9.58. The molecule has 3 N–H and O–H groups in total. The van der Waals surface area contributed by atoms with Crippen molar-refractivity contribution in [2.75, 3.05) is 5.73 Å². The van der Waals surface area contributed by atoms with Gasteiger partial charge in [0.2, 0.25) is 0 Å². The van der Waals surface area contributed by atoms with Crippen molar-refractivity contribution in [1.29, 1.82) is 0 Å². The number of pyridine rings is 1.